The Morgan fingerprint density at radius 3 is 2.43 bits per heavy atom. The topological polar surface area (TPSA) is 38.7 Å². The van der Waals surface area contributed by atoms with Gasteiger partial charge < -0.3 is 14.6 Å². The largest absolute Gasteiger partial charge is 0.492 e. The Bertz CT molecular complexity index is 722. The number of hydrogen-bond acceptors (Lipinski definition) is 3. The summed E-state index contributed by atoms with van der Waals surface area (Å²) in [5, 5.41) is 9.83. The molecule has 0 saturated carbocycles. The van der Waals surface area contributed by atoms with Crippen LogP contribution in [0, 0.1) is 20.8 Å². The molecule has 3 nitrogen and oxygen atoms in total. The van der Waals surface area contributed by atoms with Crippen molar-refractivity contribution in [2.75, 3.05) is 13.2 Å². The van der Waals surface area contributed by atoms with E-state index < -0.39 is 0 Å². The normalized spacial score (nSPS) is 19.3. The summed E-state index contributed by atoms with van der Waals surface area (Å²) >= 11 is 0. The van der Waals surface area contributed by atoms with Crippen LogP contribution in [0.1, 0.15) is 34.7 Å². The molecule has 1 aliphatic heterocycles. The Hall–Kier alpha value is -2.00. The molecule has 0 aliphatic carbocycles. The Kier molecular flexibility index (Phi) is 4.07. The van der Waals surface area contributed by atoms with E-state index in [4.69, 9.17) is 9.47 Å². The Balaban J connectivity index is 2.01. The van der Waals surface area contributed by atoms with Crippen molar-refractivity contribution in [1.29, 1.82) is 0 Å². The molecule has 0 spiro atoms. The molecule has 0 saturated heterocycles. The highest BCUT2D eigenvalue weighted by molar-refractivity contribution is 5.62. The first-order valence-corrected chi connectivity index (χ1v) is 8.02. The van der Waals surface area contributed by atoms with Gasteiger partial charge >= 0.3 is 0 Å². The summed E-state index contributed by atoms with van der Waals surface area (Å²) in [6, 6.07) is 10.2. The average Bonchev–Trinajstić information content (AvgIpc) is 2.92. The molecule has 2 aromatic rings. The summed E-state index contributed by atoms with van der Waals surface area (Å²) in [6.07, 6.45) is 0. The van der Waals surface area contributed by atoms with Crippen LogP contribution in [-0.2, 0) is 12.0 Å². The minimum atomic E-state index is -0.358. The van der Waals surface area contributed by atoms with Gasteiger partial charge in [-0.3, -0.25) is 0 Å². The smallest absolute Gasteiger partial charge is 0.127 e. The second-order valence-electron chi connectivity index (χ2n) is 6.69. The van der Waals surface area contributed by atoms with Crippen molar-refractivity contribution in [2.24, 2.45) is 0 Å². The van der Waals surface area contributed by atoms with Crippen LogP contribution in [0.2, 0.25) is 0 Å². The third-order valence-electron chi connectivity index (χ3n) is 4.90. The zero-order valence-electron chi connectivity index (χ0n) is 14.3. The van der Waals surface area contributed by atoms with Gasteiger partial charge in [-0.15, -0.1) is 0 Å². The first-order valence-electron chi connectivity index (χ1n) is 8.02. The second-order valence-corrected chi connectivity index (χ2v) is 6.69. The highest BCUT2D eigenvalue weighted by atomic mass is 16.5. The molecule has 122 valence electrons. The predicted octanol–water partition coefficient (Wildman–Crippen LogP) is 3.83. The Morgan fingerprint density at radius 2 is 1.78 bits per heavy atom. The molecule has 3 rings (SSSR count). The SMILES string of the molecule is Cc1c(C)c2c(c(C)c1OCc1ccccc1)C(C)(CO)CO2. The second kappa shape index (κ2) is 5.89. The lowest BCUT2D eigenvalue weighted by Crippen LogP contribution is -2.29. The highest BCUT2D eigenvalue weighted by Crippen LogP contribution is 2.47. The molecule has 0 aromatic heterocycles. The van der Waals surface area contributed by atoms with E-state index in [9.17, 15) is 5.11 Å². The third-order valence-corrected chi connectivity index (χ3v) is 4.90. The molecular formula is C20H24O3. The monoisotopic (exact) mass is 312 g/mol. The van der Waals surface area contributed by atoms with E-state index in [1.54, 1.807) is 0 Å². The summed E-state index contributed by atoms with van der Waals surface area (Å²) in [4.78, 5) is 0. The standard InChI is InChI=1S/C20H24O3/c1-13-14(2)19-17(20(4,11-21)12-23-19)15(3)18(13)22-10-16-8-6-5-7-9-16/h5-9,21H,10-12H2,1-4H3. The molecule has 1 unspecified atom stereocenters. The lowest BCUT2D eigenvalue weighted by atomic mass is 9.81. The fourth-order valence-corrected chi connectivity index (χ4v) is 3.37. The van der Waals surface area contributed by atoms with E-state index in [-0.39, 0.29) is 12.0 Å². The van der Waals surface area contributed by atoms with Crippen LogP contribution in [0.15, 0.2) is 30.3 Å². The first-order chi connectivity index (χ1) is 11.0. The number of rotatable bonds is 4. The molecule has 2 aromatic carbocycles. The van der Waals surface area contributed by atoms with Gasteiger partial charge in [0.15, 0.2) is 0 Å². The summed E-state index contributed by atoms with van der Waals surface area (Å²) < 4.78 is 12.1. The molecule has 1 atom stereocenters. The van der Waals surface area contributed by atoms with Gasteiger partial charge in [0, 0.05) is 5.56 Å². The van der Waals surface area contributed by atoms with Crippen molar-refractivity contribution in [3.05, 3.63) is 58.1 Å². The van der Waals surface area contributed by atoms with E-state index in [1.165, 1.54) is 0 Å². The van der Waals surface area contributed by atoms with Crippen molar-refractivity contribution in [2.45, 2.75) is 39.7 Å². The number of hydrogen-bond donors (Lipinski definition) is 1. The van der Waals surface area contributed by atoms with E-state index in [0.717, 1.165) is 39.3 Å². The Labute approximate surface area is 137 Å². The third kappa shape index (κ3) is 2.59. The fourth-order valence-electron chi connectivity index (χ4n) is 3.37. The van der Waals surface area contributed by atoms with Crippen LogP contribution < -0.4 is 9.47 Å². The molecule has 0 amide bonds. The number of ether oxygens (including phenoxy) is 2. The van der Waals surface area contributed by atoms with E-state index in [0.29, 0.717) is 13.2 Å². The van der Waals surface area contributed by atoms with Gasteiger partial charge in [0.2, 0.25) is 0 Å². The maximum absolute atomic E-state index is 9.83. The molecule has 1 N–H and O–H groups in total. The number of fused-ring (bicyclic) bond motifs is 1. The zero-order valence-corrected chi connectivity index (χ0v) is 14.3. The summed E-state index contributed by atoms with van der Waals surface area (Å²) in [5.74, 6) is 1.83. The van der Waals surface area contributed by atoms with Crippen molar-refractivity contribution >= 4 is 0 Å². The first kappa shape index (κ1) is 15.9. The van der Waals surface area contributed by atoms with Gasteiger partial charge in [0.25, 0.3) is 0 Å². The van der Waals surface area contributed by atoms with Crippen LogP contribution in [0.5, 0.6) is 11.5 Å². The lowest BCUT2D eigenvalue weighted by molar-refractivity contribution is 0.171. The van der Waals surface area contributed by atoms with Gasteiger partial charge in [-0.1, -0.05) is 30.3 Å². The summed E-state index contributed by atoms with van der Waals surface area (Å²) in [5.41, 5.74) is 5.16. The number of aliphatic hydroxyl groups excluding tert-OH is 1. The van der Waals surface area contributed by atoms with Crippen molar-refractivity contribution in [3.8, 4) is 11.5 Å². The van der Waals surface area contributed by atoms with Crippen LogP contribution >= 0.6 is 0 Å². The molecule has 0 bridgehead atoms. The lowest BCUT2D eigenvalue weighted by Gasteiger charge is -2.24. The molecule has 1 heterocycles. The van der Waals surface area contributed by atoms with Crippen LogP contribution in [0.3, 0.4) is 0 Å². The van der Waals surface area contributed by atoms with Crippen molar-refractivity contribution in [1.82, 2.24) is 0 Å². The average molecular weight is 312 g/mol. The Morgan fingerprint density at radius 1 is 1.09 bits per heavy atom. The van der Waals surface area contributed by atoms with Gasteiger partial charge in [-0.05, 0) is 49.9 Å². The molecule has 0 fully saturated rings. The van der Waals surface area contributed by atoms with E-state index in [1.807, 2.05) is 25.1 Å². The van der Waals surface area contributed by atoms with Crippen LogP contribution in [-0.4, -0.2) is 18.3 Å². The fraction of sp³-hybridized carbons (Fsp3) is 0.400. The van der Waals surface area contributed by atoms with Gasteiger partial charge in [-0.25, -0.2) is 0 Å². The van der Waals surface area contributed by atoms with Gasteiger partial charge in [0.05, 0.1) is 18.6 Å². The van der Waals surface area contributed by atoms with Crippen LogP contribution in [0.25, 0.3) is 0 Å². The minimum Gasteiger partial charge on any atom is -0.492 e. The van der Waals surface area contributed by atoms with Gasteiger partial charge in [-0.2, -0.15) is 0 Å². The van der Waals surface area contributed by atoms with E-state index in [2.05, 4.69) is 32.9 Å². The van der Waals surface area contributed by atoms with Crippen molar-refractivity contribution in [3.63, 3.8) is 0 Å². The maximum Gasteiger partial charge on any atom is 0.127 e. The quantitative estimate of drug-likeness (QED) is 0.932. The van der Waals surface area contributed by atoms with Crippen LogP contribution in [0.4, 0.5) is 0 Å². The molecule has 3 heteroatoms. The number of aliphatic hydroxyl groups is 1. The van der Waals surface area contributed by atoms with Gasteiger partial charge in [0.1, 0.15) is 18.1 Å². The highest BCUT2D eigenvalue weighted by Gasteiger charge is 2.40. The van der Waals surface area contributed by atoms with E-state index >= 15 is 0 Å². The summed E-state index contributed by atoms with van der Waals surface area (Å²) in [6.45, 7) is 9.36. The maximum atomic E-state index is 9.83. The number of benzene rings is 2. The minimum absolute atomic E-state index is 0.0709. The zero-order chi connectivity index (χ0) is 16.6. The molecule has 1 aliphatic rings. The molecule has 0 radical (unpaired) electrons. The molecule has 23 heavy (non-hydrogen) atoms. The predicted molar refractivity (Wildman–Crippen MR) is 91.4 cm³/mol. The van der Waals surface area contributed by atoms with Crippen molar-refractivity contribution < 1.29 is 14.6 Å². The summed E-state index contributed by atoms with van der Waals surface area (Å²) in [7, 11) is 0. The molecular weight excluding hydrogens is 288 g/mol.